The zero-order chi connectivity index (χ0) is 13.7. The lowest BCUT2D eigenvalue weighted by molar-refractivity contribution is -0.137. The maximum atomic E-state index is 11.7. The molecule has 6 nitrogen and oxygen atoms in total. The van der Waals surface area contributed by atoms with E-state index in [9.17, 15) is 19.8 Å². The lowest BCUT2D eigenvalue weighted by atomic mass is 10.1. The number of carboxylic acid groups (broad SMARTS) is 1. The summed E-state index contributed by atoms with van der Waals surface area (Å²) >= 11 is 0. The predicted molar refractivity (Wildman–Crippen MR) is 63.6 cm³/mol. The number of hydrogen-bond acceptors (Lipinski definition) is 4. The number of aliphatic carboxylic acids is 1. The molecule has 1 atom stereocenters. The van der Waals surface area contributed by atoms with Gasteiger partial charge in [-0.2, -0.15) is 0 Å². The van der Waals surface area contributed by atoms with E-state index in [0.717, 1.165) is 6.07 Å². The minimum absolute atomic E-state index is 0.0350. The molecule has 0 spiro atoms. The molecule has 0 aliphatic heterocycles. The van der Waals surface area contributed by atoms with Crippen LogP contribution in [0.5, 0.6) is 11.5 Å². The number of rotatable bonds is 5. The van der Waals surface area contributed by atoms with Crippen LogP contribution in [0.1, 0.15) is 30.1 Å². The SMILES string of the molecule is CC(CCC(=O)O)NC(=O)c1cc(O)cc(O)c1. The number of amides is 1. The summed E-state index contributed by atoms with van der Waals surface area (Å²) in [5.41, 5.74) is 0.120. The first-order chi connectivity index (χ1) is 8.38. The van der Waals surface area contributed by atoms with Gasteiger partial charge < -0.3 is 20.6 Å². The van der Waals surface area contributed by atoms with Crippen LogP contribution < -0.4 is 5.32 Å². The van der Waals surface area contributed by atoms with Crippen molar-refractivity contribution in [1.29, 1.82) is 0 Å². The van der Waals surface area contributed by atoms with Crippen molar-refractivity contribution in [1.82, 2.24) is 5.32 Å². The molecule has 0 saturated heterocycles. The molecule has 0 aromatic heterocycles. The number of hydrogen-bond donors (Lipinski definition) is 4. The maximum absolute atomic E-state index is 11.7. The molecule has 98 valence electrons. The third kappa shape index (κ3) is 4.32. The highest BCUT2D eigenvalue weighted by Crippen LogP contribution is 2.20. The molecule has 0 radical (unpaired) electrons. The van der Waals surface area contributed by atoms with Gasteiger partial charge in [0, 0.05) is 24.1 Å². The van der Waals surface area contributed by atoms with Crippen LogP contribution in [0, 0.1) is 0 Å². The predicted octanol–water partition coefficient (Wildman–Crippen LogP) is 1.08. The van der Waals surface area contributed by atoms with Gasteiger partial charge in [-0.3, -0.25) is 9.59 Å². The lowest BCUT2D eigenvalue weighted by Crippen LogP contribution is -2.32. The standard InChI is InChI=1S/C12H15NO5/c1-7(2-3-11(16)17)13-12(18)8-4-9(14)6-10(15)5-8/h4-7,14-15H,2-3H2,1H3,(H,13,18)(H,16,17). The van der Waals surface area contributed by atoms with Crippen molar-refractivity contribution in [3.8, 4) is 11.5 Å². The van der Waals surface area contributed by atoms with Gasteiger partial charge in [-0.15, -0.1) is 0 Å². The summed E-state index contributed by atoms with van der Waals surface area (Å²) in [5, 5.41) is 29.6. The Morgan fingerprint density at radius 2 is 1.78 bits per heavy atom. The lowest BCUT2D eigenvalue weighted by Gasteiger charge is -2.13. The number of carbonyl (C=O) groups excluding carboxylic acids is 1. The molecule has 0 heterocycles. The zero-order valence-electron chi connectivity index (χ0n) is 9.88. The highest BCUT2D eigenvalue weighted by molar-refractivity contribution is 5.95. The van der Waals surface area contributed by atoms with E-state index in [-0.39, 0.29) is 29.5 Å². The molecule has 1 aromatic carbocycles. The molecular formula is C12H15NO5. The van der Waals surface area contributed by atoms with Crippen molar-refractivity contribution in [3.05, 3.63) is 23.8 Å². The van der Waals surface area contributed by atoms with E-state index in [1.165, 1.54) is 12.1 Å². The highest BCUT2D eigenvalue weighted by Gasteiger charge is 2.12. The van der Waals surface area contributed by atoms with Crippen LogP contribution in [0.15, 0.2) is 18.2 Å². The van der Waals surface area contributed by atoms with Gasteiger partial charge in [-0.05, 0) is 25.5 Å². The molecule has 1 aromatic rings. The molecule has 0 fully saturated rings. The van der Waals surface area contributed by atoms with E-state index in [1.54, 1.807) is 6.92 Å². The fourth-order valence-corrected chi connectivity index (χ4v) is 1.45. The van der Waals surface area contributed by atoms with Gasteiger partial charge in [0.05, 0.1) is 0 Å². The number of phenols is 2. The number of benzene rings is 1. The first kappa shape index (κ1) is 13.8. The van der Waals surface area contributed by atoms with E-state index < -0.39 is 11.9 Å². The first-order valence-corrected chi connectivity index (χ1v) is 5.44. The van der Waals surface area contributed by atoms with Gasteiger partial charge in [0.2, 0.25) is 0 Å². The third-order valence-corrected chi connectivity index (χ3v) is 2.33. The summed E-state index contributed by atoms with van der Waals surface area (Å²) in [6.45, 7) is 1.68. The third-order valence-electron chi connectivity index (χ3n) is 2.33. The second-order valence-electron chi connectivity index (χ2n) is 4.05. The fraction of sp³-hybridized carbons (Fsp3) is 0.333. The van der Waals surface area contributed by atoms with Crippen LogP contribution in [-0.2, 0) is 4.79 Å². The second-order valence-corrected chi connectivity index (χ2v) is 4.05. The van der Waals surface area contributed by atoms with Gasteiger partial charge in [-0.1, -0.05) is 0 Å². The van der Waals surface area contributed by atoms with Gasteiger partial charge in [0.1, 0.15) is 11.5 Å². The summed E-state index contributed by atoms with van der Waals surface area (Å²) < 4.78 is 0. The largest absolute Gasteiger partial charge is 0.508 e. The van der Waals surface area contributed by atoms with Crippen molar-refractivity contribution in [2.24, 2.45) is 0 Å². The summed E-state index contributed by atoms with van der Waals surface area (Å²) in [5.74, 6) is -1.82. The van der Waals surface area contributed by atoms with E-state index >= 15 is 0 Å². The van der Waals surface area contributed by atoms with Gasteiger partial charge in [0.15, 0.2) is 0 Å². The number of carbonyl (C=O) groups is 2. The zero-order valence-corrected chi connectivity index (χ0v) is 9.88. The first-order valence-electron chi connectivity index (χ1n) is 5.44. The topological polar surface area (TPSA) is 107 Å². The number of carboxylic acids is 1. The van der Waals surface area contributed by atoms with E-state index in [4.69, 9.17) is 5.11 Å². The summed E-state index contributed by atoms with van der Waals surface area (Å²) in [6, 6.07) is 3.25. The Bertz CT molecular complexity index is 438. The van der Waals surface area contributed by atoms with Crippen molar-refractivity contribution < 1.29 is 24.9 Å². The molecule has 4 N–H and O–H groups in total. The summed E-state index contributed by atoms with van der Waals surface area (Å²) in [6.07, 6.45) is 0.276. The van der Waals surface area contributed by atoms with Crippen LogP contribution in [0.25, 0.3) is 0 Å². The number of aromatic hydroxyl groups is 2. The Morgan fingerprint density at radius 3 is 2.28 bits per heavy atom. The molecule has 1 rings (SSSR count). The summed E-state index contributed by atoms with van der Waals surface area (Å²) in [7, 11) is 0. The molecule has 18 heavy (non-hydrogen) atoms. The van der Waals surface area contributed by atoms with E-state index in [1.807, 2.05) is 0 Å². The second kappa shape index (κ2) is 5.90. The molecule has 0 saturated carbocycles. The summed E-state index contributed by atoms with van der Waals surface area (Å²) in [4.78, 5) is 22.1. The minimum atomic E-state index is -0.925. The monoisotopic (exact) mass is 253 g/mol. The van der Waals surface area contributed by atoms with Gasteiger partial charge >= 0.3 is 5.97 Å². The Kier molecular flexibility index (Phi) is 4.53. The van der Waals surface area contributed by atoms with Gasteiger partial charge in [-0.25, -0.2) is 0 Å². The molecular weight excluding hydrogens is 238 g/mol. The smallest absolute Gasteiger partial charge is 0.303 e. The number of phenolic OH excluding ortho intramolecular Hbond substituents is 2. The molecule has 0 aliphatic carbocycles. The average Bonchev–Trinajstić information content (AvgIpc) is 2.25. The molecule has 1 unspecified atom stereocenters. The molecule has 6 heteroatoms. The van der Waals surface area contributed by atoms with Crippen LogP contribution in [0.4, 0.5) is 0 Å². The Balaban J connectivity index is 2.61. The van der Waals surface area contributed by atoms with Crippen LogP contribution >= 0.6 is 0 Å². The van der Waals surface area contributed by atoms with Crippen molar-refractivity contribution in [2.75, 3.05) is 0 Å². The van der Waals surface area contributed by atoms with Gasteiger partial charge in [0.25, 0.3) is 5.91 Å². The van der Waals surface area contributed by atoms with Crippen LogP contribution in [0.2, 0.25) is 0 Å². The molecule has 0 aliphatic rings. The van der Waals surface area contributed by atoms with Crippen molar-refractivity contribution in [2.45, 2.75) is 25.8 Å². The normalized spacial score (nSPS) is 11.8. The van der Waals surface area contributed by atoms with E-state index in [0.29, 0.717) is 6.42 Å². The Labute approximate surface area is 104 Å². The number of nitrogens with one attached hydrogen (secondary N) is 1. The van der Waals surface area contributed by atoms with Crippen LogP contribution in [-0.4, -0.2) is 33.2 Å². The molecule has 0 bridgehead atoms. The Hall–Kier alpha value is -2.24. The Morgan fingerprint density at radius 1 is 1.22 bits per heavy atom. The minimum Gasteiger partial charge on any atom is -0.508 e. The van der Waals surface area contributed by atoms with Crippen molar-refractivity contribution in [3.63, 3.8) is 0 Å². The maximum Gasteiger partial charge on any atom is 0.303 e. The fourth-order valence-electron chi connectivity index (χ4n) is 1.45. The average molecular weight is 253 g/mol. The highest BCUT2D eigenvalue weighted by atomic mass is 16.4. The van der Waals surface area contributed by atoms with Crippen LogP contribution in [0.3, 0.4) is 0 Å². The quantitative estimate of drug-likeness (QED) is 0.628. The molecule has 1 amide bonds. The van der Waals surface area contributed by atoms with Crippen molar-refractivity contribution >= 4 is 11.9 Å². The van der Waals surface area contributed by atoms with E-state index in [2.05, 4.69) is 5.32 Å².